The summed E-state index contributed by atoms with van der Waals surface area (Å²) in [6.45, 7) is 0. The third-order valence-electron chi connectivity index (χ3n) is 3.71. The molecule has 108 valence electrons. The highest BCUT2D eigenvalue weighted by atomic mass is 15.4. The first-order valence-corrected chi connectivity index (χ1v) is 7.12. The molecule has 0 radical (unpaired) electrons. The summed E-state index contributed by atoms with van der Waals surface area (Å²) in [5.41, 5.74) is 9.04. The van der Waals surface area contributed by atoms with Gasteiger partial charge in [0.15, 0.2) is 0 Å². The molecule has 0 spiro atoms. The Kier molecular flexibility index (Phi) is 2.89. The number of nitrogens with two attached hydrogens (primary N) is 1. The number of allylic oxidation sites excluding steroid dienone is 1. The van der Waals surface area contributed by atoms with Gasteiger partial charge in [0.2, 0.25) is 11.9 Å². The molecule has 1 aromatic heterocycles. The summed E-state index contributed by atoms with van der Waals surface area (Å²) in [6, 6.07) is 20.3. The van der Waals surface area contributed by atoms with E-state index < -0.39 is 0 Å². The maximum absolute atomic E-state index is 5.78. The first kappa shape index (κ1) is 12.6. The van der Waals surface area contributed by atoms with Gasteiger partial charge in [0.05, 0.1) is 0 Å². The van der Waals surface area contributed by atoms with E-state index in [1.165, 1.54) is 0 Å². The van der Waals surface area contributed by atoms with Crippen molar-refractivity contribution in [2.75, 3.05) is 11.1 Å². The summed E-state index contributed by atoms with van der Waals surface area (Å²) in [7, 11) is 0. The molecule has 5 heteroatoms. The Morgan fingerprint density at radius 2 is 1.64 bits per heavy atom. The zero-order chi connectivity index (χ0) is 14.9. The summed E-state index contributed by atoms with van der Waals surface area (Å²) >= 11 is 0. The van der Waals surface area contributed by atoms with Gasteiger partial charge >= 0.3 is 0 Å². The number of rotatable bonds is 2. The number of anilines is 2. The van der Waals surface area contributed by atoms with E-state index in [4.69, 9.17) is 5.73 Å². The molecule has 0 saturated heterocycles. The van der Waals surface area contributed by atoms with Crippen LogP contribution in [0.2, 0.25) is 0 Å². The Balaban J connectivity index is 1.85. The number of hydrogen-bond acceptors (Lipinski definition) is 4. The van der Waals surface area contributed by atoms with Crippen LogP contribution in [0.15, 0.2) is 66.7 Å². The van der Waals surface area contributed by atoms with Gasteiger partial charge in [0.25, 0.3) is 0 Å². The van der Waals surface area contributed by atoms with Gasteiger partial charge in [-0.25, -0.2) is 4.68 Å². The Morgan fingerprint density at radius 3 is 2.36 bits per heavy atom. The lowest BCUT2D eigenvalue weighted by Gasteiger charge is -2.24. The third-order valence-corrected chi connectivity index (χ3v) is 3.71. The molecule has 2 aromatic carbocycles. The van der Waals surface area contributed by atoms with Gasteiger partial charge in [-0.15, -0.1) is 5.10 Å². The van der Waals surface area contributed by atoms with E-state index in [0.717, 1.165) is 16.8 Å². The highest BCUT2D eigenvalue weighted by Gasteiger charge is 2.24. The number of hydrogen-bond donors (Lipinski definition) is 2. The number of nitrogens with zero attached hydrogens (tertiary/aromatic N) is 3. The molecular formula is C17H15N5. The summed E-state index contributed by atoms with van der Waals surface area (Å²) in [6.07, 6.45) is 2.14. The van der Waals surface area contributed by atoms with E-state index in [1.807, 2.05) is 41.1 Å². The molecule has 5 nitrogen and oxygen atoms in total. The summed E-state index contributed by atoms with van der Waals surface area (Å²) in [4.78, 5) is 4.28. The molecule has 0 bridgehead atoms. The van der Waals surface area contributed by atoms with Gasteiger partial charge in [0, 0.05) is 5.70 Å². The van der Waals surface area contributed by atoms with Gasteiger partial charge < -0.3 is 11.1 Å². The van der Waals surface area contributed by atoms with Crippen molar-refractivity contribution in [1.82, 2.24) is 14.8 Å². The van der Waals surface area contributed by atoms with Gasteiger partial charge in [0.1, 0.15) is 6.04 Å². The molecule has 1 aliphatic rings. The van der Waals surface area contributed by atoms with Crippen molar-refractivity contribution in [2.45, 2.75) is 6.04 Å². The van der Waals surface area contributed by atoms with Crippen molar-refractivity contribution < 1.29 is 0 Å². The zero-order valence-corrected chi connectivity index (χ0v) is 11.8. The summed E-state index contributed by atoms with van der Waals surface area (Å²) in [5, 5.41) is 7.62. The van der Waals surface area contributed by atoms with Gasteiger partial charge in [-0.3, -0.25) is 0 Å². The smallest absolute Gasteiger partial charge is 0.241 e. The molecule has 0 aliphatic carbocycles. The quantitative estimate of drug-likeness (QED) is 0.761. The Hall–Kier alpha value is -3.08. The predicted molar refractivity (Wildman–Crippen MR) is 87.1 cm³/mol. The summed E-state index contributed by atoms with van der Waals surface area (Å²) in [5.74, 6) is 0.929. The SMILES string of the molecule is Nc1nc2n(n1)[C@H](c1ccccc1)C=C(c1ccccc1)N2. The van der Waals surface area contributed by atoms with Crippen LogP contribution in [-0.4, -0.2) is 14.8 Å². The number of nitrogen functional groups attached to an aromatic ring is 1. The van der Waals surface area contributed by atoms with E-state index in [9.17, 15) is 0 Å². The first-order chi connectivity index (χ1) is 10.8. The van der Waals surface area contributed by atoms with Crippen LogP contribution in [0.25, 0.3) is 5.70 Å². The van der Waals surface area contributed by atoms with E-state index >= 15 is 0 Å². The molecule has 0 saturated carbocycles. The zero-order valence-electron chi connectivity index (χ0n) is 11.8. The van der Waals surface area contributed by atoms with Gasteiger partial charge in [-0.05, 0) is 17.2 Å². The lowest BCUT2D eigenvalue weighted by molar-refractivity contribution is 0.614. The Morgan fingerprint density at radius 1 is 0.955 bits per heavy atom. The van der Waals surface area contributed by atoms with E-state index in [1.54, 1.807) is 0 Å². The Labute approximate surface area is 128 Å². The van der Waals surface area contributed by atoms with E-state index in [-0.39, 0.29) is 12.0 Å². The van der Waals surface area contributed by atoms with Crippen molar-refractivity contribution in [2.24, 2.45) is 0 Å². The first-order valence-electron chi connectivity index (χ1n) is 7.12. The fourth-order valence-corrected chi connectivity index (χ4v) is 2.68. The van der Waals surface area contributed by atoms with Crippen molar-refractivity contribution in [1.29, 1.82) is 0 Å². The normalized spacial score (nSPS) is 16.5. The minimum atomic E-state index is -0.0301. The van der Waals surface area contributed by atoms with Crippen molar-refractivity contribution >= 4 is 17.6 Å². The van der Waals surface area contributed by atoms with Crippen LogP contribution in [-0.2, 0) is 0 Å². The van der Waals surface area contributed by atoms with Crippen molar-refractivity contribution in [3.8, 4) is 0 Å². The second kappa shape index (κ2) is 5.04. The lowest BCUT2D eigenvalue weighted by atomic mass is 10.0. The molecule has 3 N–H and O–H groups in total. The average Bonchev–Trinajstić information content (AvgIpc) is 2.95. The third kappa shape index (κ3) is 2.13. The largest absolute Gasteiger partial charge is 0.366 e. The number of aromatic nitrogens is 3. The van der Waals surface area contributed by atoms with E-state index in [2.05, 4.69) is 45.7 Å². The van der Waals surface area contributed by atoms with Crippen LogP contribution in [0.5, 0.6) is 0 Å². The topological polar surface area (TPSA) is 68.8 Å². The van der Waals surface area contributed by atoms with Crippen LogP contribution in [0.3, 0.4) is 0 Å². The lowest BCUT2D eigenvalue weighted by Crippen LogP contribution is -2.20. The molecule has 0 fully saturated rings. The molecule has 22 heavy (non-hydrogen) atoms. The molecule has 3 aromatic rings. The molecule has 0 amide bonds. The van der Waals surface area contributed by atoms with Crippen LogP contribution in [0.1, 0.15) is 17.2 Å². The summed E-state index contributed by atoms with van der Waals surface area (Å²) < 4.78 is 1.82. The second-order valence-corrected chi connectivity index (χ2v) is 5.17. The van der Waals surface area contributed by atoms with Gasteiger partial charge in [-0.2, -0.15) is 4.98 Å². The van der Waals surface area contributed by atoms with E-state index in [0.29, 0.717) is 5.95 Å². The highest BCUT2D eigenvalue weighted by Crippen LogP contribution is 2.32. The Bertz CT molecular complexity index is 821. The molecule has 2 heterocycles. The molecule has 1 atom stereocenters. The van der Waals surface area contributed by atoms with Crippen molar-refractivity contribution in [3.05, 3.63) is 77.9 Å². The molecule has 1 aliphatic heterocycles. The monoisotopic (exact) mass is 289 g/mol. The standard InChI is InChI=1S/C17H15N5/c18-16-20-17-19-14(12-7-3-1-4-8-12)11-15(22(17)21-16)13-9-5-2-6-10-13/h1-11,15H,(H3,18,19,20,21)/t15-/m0/s1. The highest BCUT2D eigenvalue weighted by molar-refractivity contribution is 5.77. The fraction of sp³-hybridized carbons (Fsp3) is 0.0588. The van der Waals surface area contributed by atoms with Crippen LogP contribution in [0, 0.1) is 0 Å². The molecule has 4 rings (SSSR count). The fourth-order valence-electron chi connectivity index (χ4n) is 2.68. The average molecular weight is 289 g/mol. The maximum Gasteiger partial charge on any atom is 0.241 e. The van der Waals surface area contributed by atoms with Crippen molar-refractivity contribution in [3.63, 3.8) is 0 Å². The minimum absolute atomic E-state index is 0.0301. The minimum Gasteiger partial charge on any atom is -0.366 e. The van der Waals surface area contributed by atoms with Gasteiger partial charge in [-0.1, -0.05) is 60.7 Å². The maximum atomic E-state index is 5.78. The number of benzene rings is 2. The number of fused-ring (bicyclic) bond motifs is 1. The number of nitrogens with one attached hydrogen (secondary N) is 1. The van der Waals surface area contributed by atoms with Crippen LogP contribution in [0.4, 0.5) is 11.9 Å². The second-order valence-electron chi connectivity index (χ2n) is 5.17. The molecule has 0 unspecified atom stereocenters. The van der Waals surface area contributed by atoms with Crippen LogP contribution >= 0.6 is 0 Å². The molecular weight excluding hydrogens is 274 g/mol. The predicted octanol–water partition coefficient (Wildman–Crippen LogP) is 2.92. The van der Waals surface area contributed by atoms with Crippen LogP contribution < -0.4 is 11.1 Å².